The van der Waals surface area contributed by atoms with Gasteiger partial charge >= 0.3 is 5.97 Å². The maximum Gasteiger partial charge on any atom is 0.313 e. The van der Waals surface area contributed by atoms with E-state index in [-0.39, 0.29) is 37.0 Å². The van der Waals surface area contributed by atoms with Gasteiger partial charge in [0.25, 0.3) is 0 Å². The lowest BCUT2D eigenvalue weighted by molar-refractivity contribution is -0.168. The van der Waals surface area contributed by atoms with Gasteiger partial charge in [0.1, 0.15) is 0 Å². The Morgan fingerprint density at radius 2 is 1.90 bits per heavy atom. The molecule has 0 amide bonds. The van der Waals surface area contributed by atoms with Crippen molar-refractivity contribution in [1.29, 1.82) is 0 Å². The van der Waals surface area contributed by atoms with Gasteiger partial charge in [-0.1, -0.05) is 33.1 Å². The Labute approximate surface area is 122 Å². The van der Waals surface area contributed by atoms with Gasteiger partial charge in [-0.2, -0.15) is 0 Å². The number of carbonyl (C=O) groups excluding carboxylic acids is 1. The van der Waals surface area contributed by atoms with E-state index in [1.807, 2.05) is 0 Å². The second kappa shape index (κ2) is 7.99. The number of carbonyl (C=O) groups is 1. The Morgan fingerprint density at radius 1 is 1.15 bits per heavy atom. The third-order valence-corrected chi connectivity index (χ3v) is 4.55. The average Bonchev–Trinajstić information content (AvgIpc) is 2.91. The fourth-order valence-electron chi connectivity index (χ4n) is 3.25. The first-order chi connectivity index (χ1) is 9.74. The molecule has 20 heavy (non-hydrogen) atoms. The molecule has 0 spiro atoms. The number of esters is 1. The number of hydrogen-bond donors (Lipinski definition) is 0. The lowest BCUT2D eigenvalue weighted by Crippen LogP contribution is -2.27. The summed E-state index contributed by atoms with van der Waals surface area (Å²) in [6.07, 6.45) is 9.06. The first-order valence-corrected chi connectivity index (χ1v) is 8.18. The number of rotatable bonds is 6. The highest BCUT2D eigenvalue weighted by molar-refractivity contribution is 5.73. The normalized spacial score (nSPS) is 31.4. The quantitative estimate of drug-likeness (QED) is 0.553. The van der Waals surface area contributed by atoms with Crippen LogP contribution in [0.2, 0.25) is 0 Å². The molecule has 1 aliphatic heterocycles. The molecule has 2 fully saturated rings. The Balaban J connectivity index is 1.70. The molecule has 0 aromatic rings. The van der Waals surface area contributed by atoms with Crippen molar-refractivity contribution in [2.24, 2.45) is 5.92 Å². The van der Waals surface area contributed by atoms with Gasteiger partial charge in [0.2, 0.25) is 0 Å². The van der Waals surface area contributed by atoms with Crippen LogP contribution in [0.1, 0.15) is 65.2 Å². The molecule has 1 saturated carbocycles. The molecule has 1 heterocycles. The highest BCUT2D eigenvalue weighted by Gasteiger charge is 2.39. The highest BCUT2D eigenvalue weighted by atomic mass is 16.7. The van der Waals surface area contributed by atoms with Gasteiger partial charge in [0.15, 0.2) is 6.79 Å². The van der Waals surface area contributed by atoms with Crippen molar-refractivity contribution in [3.63, 3.8) is 0 Å². The summed E-state index contributed by atoms with van der Waals surface area (Å²) in [4.78, 5) is 12.1. The lowest BCUT2D eigenvalue weighted by Gasteiger charge is -2.22. The molecule has 3 atom stereocenters. The summed E-state index contributed by atoms with van der Waals surface area (Å²) in [5, 5.41) is 0. The second-order valence-corrected chi connectivity index (χ2v) is 5.96. The Morgan fingerprint density at radius 3 is 2.55 bits per heavy atom. The van der Waals surface area contributed by atoms with Crippen molar-refractivity contribution < 1.29 is 19.0 Å². The topological polar surface area (TPSA) is 44.8 Å². The largest absolute Gasteiger partial charge is 0.438 e. The summed E-state index contributed by atoms with van der Waals surface area (Å²) in [5.74, 6) is -0.261. The molecule has 116 valence electrons. The molecule has 0 aromatic heterocycles. The molecule has 1 aliphatic carbocycles. The fraction of sp³-hybridized carbons (Fsp3) is 0.938. The van der Waals surface area contributed by atoms with Gasteiger partial charge < -0.3 is 14.2 Å². The predicted molar refractivity (Wildman–Crippen MR) is 76.3 cm³/mol. The lowest BCUT2D eigenvalue weighted by atomic mass is 9.97. The minimum atomic E-state index is -0.149. The van der Waals surface area contributed by atoms with Gasteiger partial charge in [0.05, 0.1) is 24.2 Å². The van der Waals surface area contributed by atoms with Gasteiger partial charge in [-0.15, -0.1) is 0 Å². The Kier molecular flexibility index (Phi) is 6.30. The predicted octanol–water partition coefficient (Wildman–Crippen LogP) is 3.43. The van der Waals surface area contributed by atoms with Crippen molar-refractivity contribution >= 4 is 5.97 Å². The van der Waals surface area contributed by atoms with E-state index in [1.165, 1.54) is 19.3 Å². The molecule has 1 saturated heterocycles. The molecule has 2 rings (SSSR count). The minimum absolute atomic E-state index is 0.0159. The van der Waals surface area contributed by atoms with Crippen LogP contribution in [0, 0.1) is 5.92 Å². The van der Waals surface area contributed by atoms with Crippen LogP contribution in [0.5, 0.6) is 0 Å². The molecule has 0 aromatic carbocycles. The highest BCUT2D eigenvalue weighted by Crippen LogP contribution is 2.31. The van der Waals surface area contributed by atoms with Crippen LogP contribution in [0.3, 0.4) is 0 Å². The Bertz CT molecular complexity index is 299. The average molecular weight is 284 g/mol. The van der Waals surface area contributed by atoms with Gasteiger partial charge in [0, 0.05) is 0 Å². The standard InChI is InChI=1S/C16H28O4/c1-3-12-10-14(15(4-2)20-12)16(17)19-11-18-13-8-6-5-7-9-13/h12-15H,3-11H2,1-2H3. The molecule has 0 N–H and O–H groups in total. The monoisotopic (exact) mass is 284 g/mol. The number of hydrogen-bond acceptors (Lipinski definition) is 4. The zero-order valence-corrected chi connectivity index (χ0v) is 12.8. The van der Waals surface area contributed by atoms with Crippen molar-refractivity contribution in [2.75, 3.05) is 6.79 Å². The summed E-state index contributed by atoms with van der Waals surface area (Å²) in [6, 6.07) is 0. The molecular weight excluding hydrogens is 256 g/mol. The van der Waals surface area contributed by atoms with Crippen LogP contribution in [-0.2, 0) is 19.0 Å². The Hall–Kier alpha value is -0.610. The SMILES string of the molecule is CCC1CC(C(=O)OCOC2CCCCC2)C(CC)O1. The molecule has 2 aliphatic rings. The molecule has 3 unspecified atom stereocenters. The van der Waals surface area contributed by atoms with E-state index in [0.29, 0.717) is 0 Å². The van der Waals surface area contributed by atoms with Crippen molar-refractivity contribution in [1.82, 2.24) is 0 Å². The van der Waals surface area contributed by atoms with E-state index < -0.39 is 0 Å². The van der Waals surface area contributed by atoms with Gasteiger partial charge in [-0.05, 0) is 32.1 Å². The molecule has 0 radical (unpaired) electrons. The second-order valence-electron chi connectivity index (χ2n) is 5.96. The van der Waals surface area contributed by atoms with E-state index in [2.05, 4.69) is 13.8 Å². The van der Waals surface area contributed by atoms with Crippen molar-refractivity contribution in [3.8, 4) is 0 Å². The van der Waals surface area contributed by atoms with Crippen LogP contribution >= 0.6 is 0 Å². The van der Waals surface area contributed by atoms with Crippen molar-refractivity contribution in [2.45, 2.75) is 83.5 Å². The van der Waals surface area contributed by atoms with E-state index in [0.717, 1.165) is 32.1 Å². The zero-order chi connectivity index (χ0) is 14.4. The van der Waals surface area contributed by atoms with Crippen LogP contribution in [-0.4, -0.2) is 31.1 Å². The molecule has 4 heteroatoms. The third kappa shape index (κ3) is 4.19. The minimum Gasteiger partial charge on any atom is -0.438 e. The maximum absolute atomic E-state index is 12.1. The van der Waals surface area contributed by atoms with E-state index >= 15 is 0 Å². The first kappa shape index (κ1) is 15.8. The third-order valence-electron chi connectivity index (χ3n) is 4.55. The van der Waals surface area contributed by atoms with Crippen LogP contribution in [0.25, 0.3) is 0 Å². The van der Waals surface area contributed by atoms with Crippen LogP contribution < -0.4 is 0 Å². The summed E-state index contributed by atoms with van der Waals surface area (Å²) >= 11 is 0. The van der Waals surface area contributed by atoms with E-state index in [1.54, 1.807) is 0 Å². The van der Waals surface area contributed by atoms with Gasteiger partial charge in [-0.25, -0.2) is 0 Å². The summed E-state index contributed by atoms with van der Waals surface area (Å²) < 4.78 is 16.8. The zero-order valence-electron chi connectivity index (χ0n) is 12.8. The molecule has 4 nitrogen and oxygen atoms in total. The van der Waals surface area contributed by atoms with E-state index in [9.17, 15) is 4.79 Å². The van der Waals surface area contributed by atoms with Crippen molar-refractivity contribution in [3.05, 3.63) is 0 Å². The van der Waals surface area contributed by atoms with E-state index in [4.69, 9.17) is 14.2 Å². The molecule has 0 bridgehead atoms. The number of ether oxygens (including phenoxy) is 3. The summed E-state index contributed by atoms with van der Waals surface area (Å²) in [6.45, 7) is 4.26. The van der Waals surface area contributed by atoms with Crippen LogP contribution in [0.15, 0.2) is 0 Å². The maximum atomic E-state index is 12.1. The first-order valence-electron chi connectivity index (χ1n) is 8.18. The smallest absolute Gasteiger partial charge is 0.313 e. The molecular formula is C16H28O4. The van der Waals surface area contributed by atoms with Crippen LogP contribution in [0.4, 0.5) is 0 Å². The fourth-order valence-corrected chi connectivity index (χ4v) is 3.25. The summed E-state index contributed by atoms with van der Waals surface area (Å²) in [7, 11) is 0. The summed E-state index contributed by atoms with van der Waals surface area (Å²) in [5.41, 5.74) is 0. The van der Waals surface area contributed by atoms with Gasteiger partial charge in [-0.3, -0.25) is 4.79 Å².